The van der Waals surface area contributed by atoms with E-state index >= 15 is 0 Å². The topological polar surface area (TPSA) is 48.7 Å². The largest absolute Gasteiger partial charge is 0.384 e. The third-order valence-corrected chi connectivity index (χ3v) is 1.96. The van der Waals surface area contributed by atoms with Crippen molar-refractivity contribution in [2.45, 2.75) is 25.7 Å². The van der Waals surface area contributed by atoms with Gasteiger partial charge >= 0.3 is 0 Å². The summed E-state index contributed by atoms with van der Waals surface area (Å²) < 4.78 is 0. The van der Waals surface area contributed by atoms with Crippen molar-refractivity contribution < 1.29 is 0 Å². The van der Waals surface area contributed by atoms with Gasteiger partial charge in [0.15, 0.2) is 0 Å². The van der Waals surface area contributed by atoms with Gasteiger partial charge in [-0.3, -0.25) is 4.98 Å². The van der Waals surface area contributed by atoms with E-state index in [1.54, 1.807) is 6.20 Å². The van der Waals surface area contributed by atoms with Crippen molar-refractivity contribution >= 4 is 5.69 Å². The Kier molecular flexibility index (Phi) is 5.19. The molecule has 0 aliphatic heterocycles. The molecule has 0 atom stereocenters. The number of hydrogen-bond donors (Lipinski definition) is 1. The number of aromatic nitrogens is 1. The molecule has 0 saturated carbocycles. The zero-order valence-corrected chi connectivity index (χ0v) is 8.24. The van der Waals surface area contributed by atoms with Crippen molar-refractivity contribution in [1.29, 1.82) is 5.26 Å². The lowest BCUT2D eigenvalue weighted by Crippen LogP contribution is -2.01. The molecule has 0 radical (unpaired) electrons. The molecule has 1 rings (SSSR count). The molecule has 1 aromatic heterocycles. The molecule has 0 amide bonds. The first kappa shape index (κ1) is 10.5. The van der Waals surface area contributed by atoms with Crippen molar-refractivity contribution in [3.8, 4) is 6.07 Å². The van der Waals surface area contributed by atoms with Crippen LogP contribution in [0.2, 0.25) is 0 Å². The van der Waals surface area contributed by atoms with E-state index in [1.807, 2.05) is 18.3 Å². The average Bonchev–Trinajstić information content (AvgIpc) is 2.25. The molecule has 0 unspecified atom stereocenters. The monoisotopic (exact) mass is 189 g/mol. The maximum Gasteiger partial charge on any atom is 0.0621 e. The number of nitrogens with one attached hydrogen (secondary N) is 1. The molecule has 3 heteroatoms. The van der Waals surface area contributed by atoms with Crippen LogP contribution in [0.1, 0.15) is 25.7 Å². The molecule has 74 valence electrons. The summed E-state index contributed by atoms with van der Waals surface area (Å²) in [7, 11) is 0. The lowest BCUT2D eigenvalue weighted by molar-refractivity contribution is 0.712. The molecule has 0 aliphatic carbocycles. The number of hydrogen-bond acceptors (Lipinski definition) is 3. The Labute approximate surface area is 84.8 Å². The summed E-state index contributed by atoms with van der Waals surface area (Å²) >= 11 is 0. The number of rotatable bonds is 6. The van der Waals surface area contributed by atoms with E-state index in [2.05, 4.69) is 16.4 Å². The van der Waals surface area contributed by atoms with Crippen LogP contribution in [0.4, 0.5) is 5.69 Å². The Bertz CT molecular complexity index is 276. The summed E-state index contributed by atoms with van der Waals surface area (Å²) in [6.07, 6.45) is 7.48. The summed E-state index contributed by atoms with van der Waals surface area (Å²) in [6.45, 7) is 0.955. The summed E-state index contributed by atoms with van der Waals surface area (Å²) in [5, 5.41) is 11.6. The molecule has 0 fully saturated rings. The zero-order valence-electron chi connectivity index (χ0n) is 8.24. The molecule has 0 spiro atoms. The van der Waals surface area contributed by atoms with Gasteiger partial charge in [0.05, 0.1) is 11.8 Å². The van der Waals surface area contributed by atoms with Gasteiger partial charge in [-0.05, 0) is 25.0 Å². The van der Waals surface area contributed by atoms with Crippen LogP contribution in [0.15, 0.2) is 24.5 Å². The molecule has 0 aromatic carbocycles. The van der Waals surface area contributed by atoms with Gasteiger partial charge in [0, 0.05) is 25.4 Å². The van der Waals surface area contributed by atoms with Crippen molar-refractivity contribution in [2.24, 2.45) is 0 Å². The van der Waals surface area contributed by atoms with Crippen molar-refractivity contribution in [1.82, 2.24) is 4.98 Å². The molecule has 1 heterocycles. The molecule has 1 N–H and O–H groups in total. The smallest absolute Gasteiger partial charge is 0.0621 e. The molecule has 0 saturated heterocycles. The molecular formula is C11H15N3. The lowest BCUT2D eigenvalue weighted by atomic mass is 10.2. The summed E-state index contributed by atoms with van der Waals surface area (Å²) in [4.78, 5) is 4.01. The highest BCUT2D eigenvalue weighted by Crippen LogP contribution is 2.04. The molecule has 3 nitrogen and oxygen atoms in total. The van der Waals surface area contributed by atoms with Crippen molar-refractivity contribution in [3.05, 3.63) is 24.5 Å². The van der Waals surface area contributed by atoms with Gasteiger partial charge in [-0.2, -0.15) is 5.26 Å². The van der Waals surface area contributed by atoms with Gasteiger partial charge in [-0.25, -0.2) is 0 Å². The van der Waals surface area contributed by atoms with E-state index in [0.717, 1.165) is 31.5 Å². The predicted molar refractivity (Wildman–Crippen MR) is 56.8 cm³/mol. The fourth-order valence-corrected chi connectivity index (χ4v) is 1.21. The minimum atomic E-state index is 0.674. The maximum atomic E-state index is 8.33. The Morgan fingerprint density at radius 1 is 1.36 bits per heavy atom. The van der Waals surface area contributed by atoms with E-state index in [1.165, 1.54) is 0 Å². The SMILES string of the molecule is N#CCCCCCNc1cccnc1. The first-order valence-corrected chi connectivity index (χ1v) is 4.94. The van der Waals surface area contributed by atoms with Gasteiger partial charge in [0.25, 0.3) is 0 Å². The Morgan fingerprint density at radius 2 is 2.29 bits per heavy atom. The fourth-order valence-electron chi connectivity index (χ4n) is 1.21. The molecule has 0 aliphatic rings. The number of nitriles is 1. The van der Waals surface area contributed by atoms with Crippen molar-refractivity contribution in [3.63, 3.8) is 0 Å². The van der Waals surface area contributed by atoms with E-state index in [-0.39, 0.29) is 0 Å². The van der Waals surface area contributed by atoms with Crippen LogP contribution in [0.5, 0.6) is 0 Å². The summed E-state index contributed by atoms with van der Waals surface area (Å²) in [6, 6.07) is 6.06. The second-order valence-electron chi connectivity index (χ2n) is 3.14. The Balaban J connectivity index is 2.03. The van der Waals surface area contributed by atoms with Crippen LogP contribution in [0.3, 0.4) is 0 Å². The Morgan fingerprint density at radius 3 is 3.00 bits per heavy atom. The molecule has 0 bridgehead atoms. The average molecular weight is 189 g/mol. The molecule has 14 heavy (non-hydrogen) atoms. The van der Waals surface area contributed by atoms with Gasteiger partial charge in [0.2, 0.25) is 0 Å². The number of anilines is 1. The minimum absolute atomic E-state index is 0.674. The minimum Gasteiger partial charge on any atom is -0.384 e. The van der Waals surface area contributed by atoms with Gasteiger partial charge in [0.1, 0.15) is 0 Å². The molecular weight excluding hydrogens is 174 g/mol. The van der Waals surface area contributed by atoms with E-state index < -0.39 is 0 Å². The van der Waals surface area contributed by atoms with Gasteiger partial charge in [-0.15, -0.1) is 0 Å². The lowest BCUT2D eigenvalue weighted by Gasteiger charge is -2.04. The third-order valence-electron chi connectivity index (χ3n) is 1.96. The number of unbranched alkanes of at least 4 members (excludes halogenated alkanes) is 3. The van der Waals surface area contributed by atoms with Gasteiger partial charge in [-0.1, -0.05) is 6.42 Å². The standard InChI is InChI=1S/C11H15N3/c12-7-3-1-2-4-9-14-11-6-5-8-13-10-11/h5-6,8,10,14H,1-4,9H2. The second-order valence-corrected chi connectivity index (χ2v) is 3.14. The van der Waals surface area contributed by atoms with Crippen LogP contribution < -0.4 is 5.32 Å². The predicted octanol–water partition coefficient (Wildman–Crippen LogP) is 2.58. The highest BCUT2D eigenvalue weighted by molar-refractivity contribution is 5.39. The maximum absolute atomic E-state index is 8.33. The fraction of sp³-hybridized carbons (Fsp3) is 0.455. The quantitative estimate of drug-likeness (QED) is 0.700. The highest BCUT2D eigenvalue weighted by atomic mass is 14.9. The van der Waals surface area contributed by atoms with Crippen LogP contribution in [0, 0.1) is 11.3 Å². The summed E-state index contributed by atoms with van der Waals surface area (Å²) in [5.74, 6) is 0. The van der Waals surface area contributed by atoms with Crippen LogP contribution in [-0.4, -0.2) is 11.5 Å². The molecule has 1 aromatic rings. The van der Waals surface area contributed by atoms with Crippen LogP contribution in [0.25, 0.3) is 0 Å². The Hall–Kier alpha value is -1.56. The third kappa shape index (κ3) is 4.46. The number of nitrogens with zero attached hydrogens (tertiary/aromatic N) is 2. The van der Waals surface area contributed by atoms with Gasteiger partial charge < -0.3 is 5.32 Å². The van der Waals surface area contributed by atoms with Crippen LogP contribution in [-0.2, 0) is 0 Å². The van der Waals surface area contributed by atoms with Crippen molar-refractivity contribution in [2.75, 3.05) is 11.9 Å². The zero-order chi connectivity index (χ0) is 10.1. The first-order chi connectivity index (χ1) is 6.93. The first-order valence-electron chi connectivity index (χ1n) is 4.94. The number of pyridine rings is 1. The highest BCUT2D eigenvalue weighted by Gasteiger charge is 1.90. The second kappa shape index (κ2) is 6.90. The van der Waals surface area contributed by atoms with E-state index in [4.69, 9.17) is 5.26 Å². The summed E-state index contributed by atoms with van der Waals surface area (Å²) in [5.41, 5.74) is 1.06. The van der Waals surface area contributed by atoms with Crippen LogP contribution >= 0.6 is 0 Å². The normalized spacial score (nSPS) is 9.36. The van der Waals surface area contributed by atoms with E-state index in [9.17, 15) is 0 Å². The van der Waals surface area contributed by atoms with E-state index in [0.29, 0.717) is 6.42 Å².